The van der Waals surface area contributed by atoms with Gasteiger partial charge in [-0.05, 0) is 55.8 Å². The number of aliphatic imine (C=N–C) groups is 1. The number of halogens is 1. The fourth-order valence-corrected chi connectivity index (χ4v) is 4.77. The molecule has 180 valence electrons. The molecule has 2 aliphatic heterocycles. The minimum Gasteiger partial charge on any atom is -0.379 e. The molecule has 0 bridgehead atoms. The van der Waals surface area contributed by atoms with E-state index in [2.05, 4.69) is 41.2 Å². The Hall–Kier alpha value is -1.70. The molecule has 2 atom stereocenters. The lowest BCUT2D eigenvalue weighted by atomic mass is 9.97. The zero-order chi connectivity index (χ0) is 22.8. The van der Waals surface area contributed by atoms with Crippen molar-refractivity contribution in [2.24, 2.45) is 16.8 Å². The van der Waals surface area contributed by atoms with E-state index in [-0.39, 0.29) is 11.9 Å². The van der Waals surface area contributed by atoms with Crippen LogP contribution in [0.2, 0.25) is 0 Å². The fraction of sp³-hybridized carbons (Fsp3) is 0.720. The number of likely N-dealkylation sites (tertiary alicyclic amines) is 1. The Morgan fingerprint density at radius 2 is 1.91 bits per heavy atom. The van der Waals surface area contributed by atoms with E-state index in [0.717, 1.165) is 57.5 Å². The van der Waals surface area contributed by atoms with Crippen molar-refractivity contribution < 1.29 is 9.13 Å². The van der Waals surface area contributed by atoms with Crippen LogP contribution in [-0.4, -0.2) is 81.3 Å². The molecule has 0 radical (unpaired) electrons. The van der Waals surface area contributed by atoms with Crippen molar-refractivity contribution in [3.05, 3.63) is 35.6 Å². The van der Waals surface area contributed by atoms with Gasteiger partial charge in [-0.15, -0.1) is 0 Å². The van der Waals surface area contributed by atoms with Crippen LogP contribution in [0.4, 0.5) is 4.39 Å². The van der Waals surface area contributed by atoms with Gasteiger partial charge in [0.2, 0.25) is 0 Å². The molecular formula is C25H42FN5O. The number of piperidine rings is 1. The maximum Gasteiger partial charge on any atom is 0.191 e. The van der Waals surface area contributed by atoms with Crippen molar-refractivity contribution in [2.75, 3.05) is 65.6 Å². The zero-order valence-electron chi connectivity index (χ0n) is 20.2. The van der Waals surface area contributed by atoms with Gasteiger partial charge in [0, 0.05) is 39.3 Å². The Labute approximate surface area is 193 Å². The van der Waals surface area contributed by atoms with E-state index in [0.29, 0.717) is 18.4 Å². The lowest BCUT2D eigenvalue weighted by Crippen LogP contribution is -2.45. The molecule has 1 aromatic carbocycles. The van der Waals surface area contributed by atoms with Crippen molar-refractivity contribution in [3.8, 4) is 0 Å². The van der Waals surface area contributed by atoms with Crippen LogP contribution in [0.25, 0.3) is 0 Å². The summed E-state index contributed by atoms with van der Waals surface area (Å²) < 4.78 is 19.0. The summed E-state index contributed by atoms with van der Waals surface area (Å²) >= 11 is 0. The highest BCUT2D eigenvalue weighted by Gasteiger charge is 2.23. The third-order valence-electron chi connectivity index (χ3n) is 6.29. The molecule has 6 nitrogen and oxygen atoms in total. The van der Waals surface area contributed by atoms with Gasteiger partial charge in [-0.3, -0.25) is 9.89 Å². The molecule has 0 spiro atoms. The van der Waals surface area contributed by atoms with Crippen LogP contribution in [-0.2, 0) is 4.74 Å². The molecule has 2 fully saturated rings. The molecule has 32 heavy (non-hydrogen) atoms. The Morgan fingerprint density at radius 3 is 2.59 bits per heavy atom. The number of benzene rings is 1. The van der Waals surface area contributed by atoms with Gasteiger partial charge in [-0.25, -0.2) is 4.39 Å². The summed E-state index contributed by atoms with van der Waals surface area (Å²) in [5, 5.41) is 7.00. The van der Waals surface area contributed by atoms with Crippen molar-refractivity contribution >= 4 is 5.96 Å². The van der Waals surface area contributed by atoms with Crippen LogP contribution < -0.4 is 10.6 Å². The summed E-state index contributed by atoms with van der Waals surface area (Å²) in [5.74, 6) is 2.03. The molecule has 7 heteroatoms. The standard InChI is InChI=1S/C25H42FN5O/c1-4-27-25(28-16-21-6-5-11-30(19-21)18-20(2)3)29-17-24(31-12-14-32-15-13-31)22-7-9-23(26)10-8-22/h7-10,20-21,24H,4-6,11-19H2,1-3H3,(H2,27,28,29). The van der Waals surface area contributed by atoms with Gasteiger partial charge in [0.15, 0.2) is 5.96 Å². The molecule has 0 aliphatic carbocycles. The minimum absolute atomic E-state index is 0.117. The van der Waals surface area contributed by atoms with E-state index < -0.39 is 0 Å². The Morgan fingerprint density at radius 1 is 1.16 bits per heavy atom. The minimum atomic E-state index is -0.202. The molecule has 2 saturated heterocycles. The number of guanidine groups is 1. The molecule has 2 aliphatic rings. The van der Waals surface area contributed by atoms with Gasteiger partial charge >= 0.3 is 0 Å². The first kappa shape index (κ1) is 24.9. The first-order chi connectivity index (χ1) is 15.5. The van der Waals surface area contributed by atoms with Crippen LogP contribution in [0.1, 0.15) is 45.2 Å². The SMILES string of the molecule is CCNC(=NCC(c1ccc(F)cc1)N1CCOCC1)NCC1CCCN(CC(C)C)C1. The van der Waals surface area contributed by atoms with Crippen LogP contribution >= 0.6 is 0 Å². The number of hydrogen-bond acceptors (Lipinski definition) is 4. The second kappa shape index (κ2) is 13.1. The van der Waals surface area contributed by atoms with Crippen LogP contribution in [0, 0.1) is 17.7 Å². The Balaban J connectivity index is 1.62. The first-order valence-corrected chi connectivity index (χ1v) is 12.4. The molecule has 0 amide bonds. The number of nitrogens with zero attached hydrogens (tertiary/aromatic N) is 3. The number of ether oxygens (including phenoxy) is 1. The van der Waals surface area contributed by atoms with Gasteiger partial charge < -0.3 is 20.3 Å². The topological polar surface area (TPSA) is 52.1 Å². The van der Waals surface area contributed by atoms with Crippen LogP contribution in [0.15, 0.2) is 29.3 Å². The predicted molar refractivity (Wildman–Crippen MR) is 130 cm³/mol. The molecular weight excluding hydrogens is 405 g/mol. The average Bonchev–Trinajstić information content (AvgIpc) is 2.79. The molecule has 0 aromatic heterocycles. The second-order valence-corrected chi connectivity index (χ2v) is 9.48. The molecule has 2 unspecified atom stereocenters. The normalized spacial score (nSPS) is 22.2. The first-order valence-electron chi connectivity index (χ1n) is 12.4. The Bertz CT molecular complexity index is 690. The van der Waals surface area contributed by atoms with Crippen molar-refractivity contribution in [1.82, 2.24) is 20.4 Å². The smallest absolute Gasteiger partial charge is 0.191 e. The van der Waals surface area contributed by atoms with E-state index >= 15 is 0 Å². The van der Waals surface area contributed by atoms with Gasteiger partial charge in [-0.1, -0.05) is 26.0 Å². The highest BCUT2D eigenvalue weighted by atomic mass is 19.1. The van der Waals surface area contributed by atoms with Gasteiger partial charge in [0.25, 0.3) is 0 Å². The maximum atomic E-state index is 13.5. The van der Waals surface area contributed by atoms with Gasteiger partial charge in [0.1, 0.15) is 5.82 Å². The summed E-state index contributed by atoms with van der Waals surface area (Å²) in [6.45, 7) is 15.9. The number of rotatable bonds is 9. The lowest BCUT2D eigenvalue weighted by Gasteiger charge is -2.34. The fourth-order valence-electron chi connectivity index (χ4n) is 4.77. The van der Waals surface area contributed by atoms with Gasteiger partial charge in [0.05, 0.1) is 25.8 Å². The molecule has 2 heterocycles. The van der Waals surface area contributed by atoms with Crippen molar-refractivity contribution in [3.63, 3.8) is 0 Å². The number of nitrogens with one attached hydrogen (secondary N) is 2. The highest BCUT2D eigenvalue weighted by molar-refractivity contribution is 5.79. The van der Waals surface area contributed by atoms with E-state index in [1.165, 1.54) is 25.9 Å². The molecule has 1 aromatic rings. The average molecular weight is 448 g/mol. The summed E-state index contributed by atoms with van der Waals surface area (Å²) in [6.07, 6.45) is 2.55. The second-order valence-electron chi connectivity index (χ2n) is 9.48. The maximum absolute atomic E-state index is 13.5. The highest BCUT2D eigenvalue weighted by Crippen LogP contribution is 2.23. The van der Waals surface area contributed by atoms with E-state index in [1.807, 2.05) is 12.1 Å². The zero-order valence-corrected chi connectivity index (χ0v) is 20.2. The number of hydrogen-bond donors (Lipinski definition) is 2. The quantitative estimate of drug-likeness (QED) is 0.450. The molecule has 0 saturated carbocycles. The van der Waals surface area contributed by atoms with E-state index in [4.69, 9.17) is 9.73 Å². The number of morpholine rings is 1. The Kier molecular flexibility index (Phi) is 10.2. The third kappa shape index (κ3) is 8.01. The van der Waals surface area contributed by atoms with Crippen molar-refractivity contribution in [2.45, 2.75) is 39.7 Å². The summed E-state index contributed by atoms with van der Waals surface area (Å²) in [5.41, 5.74) is 1.10. The van der Waals surface area contributed by atoms with E-state index in [1.54, 1.807) is 12.1 Å². The van der Waals surface area contributed by atoms with Crippen LogP contribution in [0.3, 0.4) is 0 Å². The monoisotopic (exact) mass is 447 g/mol. The third-order valence-corrected chi connectivity index (χ3v) is 6.29. The summed E-state index contributed by atoms with van der Waals surface area (Å²) in [4.78, 5) is 9.95. The molecule has 3 rings (SSSR count). The summed E-state index contributed by atoms with van der Waals surface area (Å²) in [7, 11) is 0. The van der Waals surface area contributed by atoms with Gasteiger partial charge in [-0.2, -0.15) is 0 Å². The predicted octanol–water partition coefficient (Wildman–Crippen LogP) is 3.12. The van der Waals surface area contributed by atoms with Crippen LogP contribution in [0.5, 0.6) is 0 Å². The lowest BCUT2D eigenvalue weighted by molar-refractivity contribution is 0.0179. The summed E-state index contributed by atoms with van der Waals surface area (Å²) in [6, 6.07) is 6.98. The van der Waals surface area contributed by atoms with E-state index in [9.17, 15) is 4.39 Å². The largest absolute Gasteiger partial charge is 0.379 e. The molecule has 2 N–H and O–H groups in total. The van der Waals surface area contributed by atoms with Crippen molar-refractivity contribution in [1.29, 1.82) is 0 Å².